The van der Waals surface area contributed by atoms with Crippen molar-refractivity contribution in [2.24, 2.45) is 0 Å². The van der Waals surface area contributed by atoms with Gasteiger partial charge in [0.1, 0.15) is 5.75 Å². The maximum absolute atomic E-state index is 6.05. The zero-order valence-electron chi connectivity index (χ0n) is 11.2. The van der Waals surface area contributed by atoms with E-state index in [0.29, 0.717) is 6.54 Å². The average molecular weight is 276 g/mol. The molecule has 0 aromatic heterocycles. The maximum atomic E-state index is 6.05. The molecule has 19 heavy (non-hydrogen) atoms. The Balaban J connectivity index is 2.12. The van der Waals surface area contributed by atoms with Crippen LogP contribution < -0.4 is 10.1 Å². The number of nitrogens with one attached hydrogen (secondary N) is 1. The largest absolute Gasteiger partial charge is 0.491 e. The topological polar surface area (TPSA) is 21.3 Å². The summed E-state index contributed by atoms with van der Waals surface area (Å²) in [5.74, 6) is 0.878. The van der Waals surface area contributed by atoms with Crippen LogP contribution >= 0.6 is 11.6 Å². The van der Waals surface area contributed by atoms with Crippen LogP contribution in [0.15, 0.2) is 48.5 Å². The summed E-state index contributed by atoms with van der Waals surface area (Å²) in [7, 11) is 0. The summed E-state index contributed by atoms with van der Waals surface area (Å²) in [6.07, 6.45) is 0.150. The van der Waals surface area contributed by atoms with Crippen molar-refractivity contribution in [1.82, 2.24) is 0 Å². The van der Waals surface area contributed by atoms with Gasteiger partial charge in [-0.05, 0) is 44.2 Å². The highest BCUT2D eigenvalue weighted by Crippen LogP contribution is 2.25. The molecular weight excluding hydrogens is 258 g/mol. The lowest BCUT2D eigenvalue weighted by atomic mass is 10.2. The van der Waals surface area contributed by atoms with Gasteiger partial charge in [-0.2, -0.15) is 0 Å². The third kappa shape index (κ3) is 4.18. The minimum absolute atomic E-state index is 0.150. The number of para-hydroxylation sites is 1. The monoisotopic (exact) mass is 275 g/mol. The van der Waals surface area contributed by atoms with E-state index in [0.717, 1.165) is 22.0 Å². The van der Waals surface area contributed by atoms with E-state index in [4.69, 9.17) is 16.3 Å². The van der Waals surface area contributed by atoms with E-state index in [-0.39, 0.29) is 6.10 Å². The molecule has 2 rings (SSSR count). The molecule has 0 amide bonds. The van der Waals surface area contributed by atoms with Crippen LogP contribution in [-0.2, 0) is 6.54 Å². The van der Waals surface area contributed by atoms with Gasteiger partial charge in [0.05, 0.1) is 6.10 Å². The highest BCUT2D eigenvalue weighted by molar-refractivity contribution is 6.30. The average Bonchev–Trinajstić information content (AvgIpc) is 2.40. The molecule has 0 heterocycles. The predicted molar refractivity (Wildman–Crippen MR) is 81.0 cm³/mol. The van der Waals surface area contributed by atoms with Crippen LogP contribution in [0, 0.1) is 0 Å². The van der Waals surface area contributed by atoms with Crippen molar-refractivity contribution < 1.29 is 4.74 Å². The van der Waals surface area contributed by atoms with Gasteiger partial charge in [-0.1, -0.05) is 29.8 Å². The Morgan fingerprint density at radius 2 is 1.84 bits per heavy atom. The van der Waals surface area contributed by atoms with Crippen molar-refractivity contribution >= 4 is 17.3 Å². The second-order valence-electron chi connectivity index (χ2n) is 4.64. The molecule has 0 fully saturated rings. The highest BCUT2D eigenvalue weighted by atomic mass is 35.5. The van der Waals surface area contributed by atoms with Crippen molar-refractivity contribution in [3.63, 3.8) is 0 Å². The standard InChI is InChI=1S/C16H18ClNO/c1-12(2)19-16-9-8-14(17)10-13(16)11-18-15-6-4-3-5-7-15/h3-10,12,18H,11H2,1-2H3. The Hall–Kier alpha value is -1.67. The molecule has 1 N–H and O–H groups in total. The Labute approximate surface area is 119 Å². The van der Waals surface area contributed by atoms with Gasteiger partial charge in [-0.25, -0.2) is 0 Å². The summed E-state index contributed by atoms with van der Waals surface area (Å²) in [6.45, 7) is 4.72. The summed E-state index contributed by atoms with van der Waals surface area (Å²) in [4.78, 5) is 0. The predicted octanol–water partition coefficient (Wildman–Crippen LogP) is 4.74. The van der Waals surface area contributed by atoms with Crippen molar-refractivity contribution in [3.8, 4) is 5.75 Å². The van der Waals surface area contributed by atoms with Gasteiger partial charge in [-0.3, -0.25) is 0 Å². The van der Waals surface area contributed by atoms with Gasteiger partial charge >= 0.3 is 0 Å². The minimum Gasteiger partial charge on any atom is -0.491 e. The SMILES string of the molecule is CC(C)Oc1ccc(Cl)cc1CNc1ccccc1. The van der Waals surface area contributed by atoms with E-state index in [1.165, 1.54) is 0 Å². The number of hydrogen-bond donors (Lipinski definition) is 1. The fourth-order valence-corrected chi connectivity index (χ4v) is 2.00. The molecule has 0 aliphatic heterocycles. The zero-order chi connectivity index (χ0) is 13.7. The molecule has 2 aromatic rings. The molecule has 3 heteroatoms. The zero-order valence-corrected chi connectivity index (χ0v) is 11.9. The lowest BCUT2D eigenvalue weighted by molar-refractivity contribution is 0.240. The smallest absolute Gasteiger partial charge is 0.124 e. The van der Waals surface area contributed by atoms with E-state index < -0.39 is 0 Å². The molecule has 0 saturated carbocycles. The van der Waals surface area contributed by atoms with Gasteiger partial charge in [-0.15, -0.1) is 0 Å². The first kappa shape index (κ1) is 13.8. The van der Waals surface area contributed by atoms with Crippen LogP contribution in [0.4, 0.5) is 5.69 Å². The Morgan fingerprint density at radius 3 is 2.53 bits per heavy atom. The van der Waals surface area contributed by atoms with Crippen LogP contribution in [0.3, 0.4) is 0 Å². The fraction of sp³-hybridized carbons (Fsp3) is 0.250. The normalized spacial score (nSPS) is 10.5. The quantitative estimate of drug-likeness (QED) is 0.851. The third-order valence-corrected chi connectivity index (χ3v) is 2.88. The summed E-state index contributed by atoms with van der Waals surface area (Å²) < 4.78 is 5.79. The summed E-state index contributed by atoms with van der Waals surface area (Å²) >= 11 is 6.05. The highest BCUT2D eigenvalue weighted by Gasteiger charge is 2.06. The second kappa shape index (κ2) is 6.48. The van der Waals surface area contributed by atoms with E-state index in [2.05, 4.69) is 5.32 Å². The summed E-state index contributed by atoms with van der Waals surface area (Å²) in [6, 6.07) is 15.8. The van der Waals surface area contributed by atoms with Gasteiger partial charge in [0.15, 0.2) is 0 Å². The lowest BCUT2D eigenvalue weighted by Gasteiger charge is -2.15. The first-order chi connectivity index (χ1) is 9.15. The molecule has 0 atom stereocenters. The molecule has 0 aliphatic carbocycles. The van der Waals surface area contributed by atoms with Crippen molar-refractivity contribution in [3.05, 3.63) is 59.1 Å². The molecule has 0 unspecified atom stereocenters. The van der Waals surface area contributed by atoms with Crippen molar-refractivity contribution in [2.75, 3.05) is 5.32 Å². The van der Waals surface area contributed by atoms with E-state index in [9.17, 15) is 0 Å². The Morgan fingerprint density at radius 1 is 1.11 bits per heavy atom. The molecule has 0 bridgehead atoms. The van der Waals surface area contributed by atoms with Gasteiger partial charge in [0, 0.05) is 22.8 Å². The van der Waals surface area contributed by atoms with Gasteiger partial charge < -0.3 is 10.1 Å². The lowest BCUT2D eigenvalue weighted by Crippen LogP contribution is -2.09. The molecule has 0 aliphatic rings. The summed E-state index contributed by atoms with van der Waals surface area (Å²) in [5, 5.41) is 4.09. The fourth-order valence-electron chi connectivity index (χ4n) is 1.81. The number of hydrogen-bond acceptors (Lipinski definition) is 2. The molecular formula is C16H18ClNO. The van der Waals surface area contributed by atoms with Crippen LogP contribution in [-0.4, -0.2) is 6.10 Å². The second-order valence-corrected chi connectivity index (χ2v) is 5.07. The number of rotatable bonds is 5. The molecule has 100 valence electrons. The van der Waals surface area contributed by atoms with E-state index in [1.54, 1.807) is 0 Å². The minimum atomic E-state index is 0.150. The van der Waals surface area contributed by atoms with Crippen LogP contribution in [0.2, 0.25) is 5.02 Å². The Bertz CT molecular complexity index is 526. The molecule has 2 aromatic carbocycles. The first-order valence-corrected chi connectivity index (χ1v) is 6.77. The van der Waals surface area contributed by atoms with E-state index in [1.807, 2.05) is 62.4 Å². The number of halogens is 1. The number of anilines is 1. The molecule has 2 nitrogen and oxygen atoms in total. The first-order valence-electron chi connectivity index (χ1n) is 6.39. The van der Waals surface area contributed by atoms with Crippen LogP contribution in [0.5, 0.6) is 5.75 Å². The van der Waals surface area contributed by atoms with Crippen molar-refractivity contribution in [1.29, 1.82) is 0 Å². The third-order valence-electron chi connectivity index (χ3n) is 2.64. The van der Waals surface area contributed by atoms with Gasteiger partial charge in [0.2, 0.25) is 0 Å². The number of benzene rings is 2. The maximum Gasteiger partial charge on any atom is 0.124 e. The van der Waals surface area contributed by atoms with Gasteiger partial charge in [0.25, 0.3) is 0 Å². The van der Waals surface area contributed by atoms with E-state index >= 15 is 0 Å². The van der Waals surface area contributed by atoms with Crippen LogP contribution in [0.1, 0.15) is 19.4 Å². The van der Waals surface area contributed by atoms with Crippen LogP contribution in [0.25, 0.3) is 0 Å². The molecule has 0 spiro atoms. The summed E-state index contributed by atoms with van der Waals surface area (Å²) in [5.41, 5.74) is 2.14. The van der Waals surface area contributed by atoms with Crippen molar-refractivity contribution in [2.45, 2.75) is 26.5 Å². The Kier molecular flexibility index (Phi) is 4.69. The molecule has 0 radical (unpaired) electrons. The molecule has 0 saturated heterocycles. The number of ether oxygens (including phenoxy) is 1.